The molecule has 3 heterocycles. The lowest BCUT2D eigenvalue weighted by molar-refractivity contribution is -0.159. The van der Waals surface area contributed by atoms with Gasteiger partial charge in [-0.15, -0.1) is 6.58 Å². The Bertz CT molecular complexity index is 1310. The summed E-state index contributed by atoms with van der Waals surface area (Å²) in [6, 6.07) is 12.0. The molecule has 1 N–H and O–H groups in total. The summed E-state index contributed by atoms with van der Waals surface area (Å²) in [6.07, 6.45) is 4.06. The molecule has 2 unspecified atom stereocenters. The Morgan fingerprint density at radius 1 is 1.21 bits per heavy atom. The molecule has 0 saturated carbocycles. The van der Waals surface area contributed by atoms with E-state index in [0.29, 0.717) is 18.5 Å². The summed E-state index contributed by atoms with van der Waals surface area (Å²) in [5, 5.41) is 12.1. The molecule has 2 amide bonds. The van der Waals surface area contributed by atoms with Crippen molar-refractivity contribution < 1.29 is 29.0 Å². The van der Waals surface area contributed by atoms with Gasteiger partial charge >= 0.3 is 5.97 Å². The van der Waals surface area contributed by atoms with E-state index in [1.165, 1.54) is 11.0 Å². The summed E-state index contributed by atoms with van der Waals surface area (Å²) in [7, 11) is 0. The van der Waals surface area contributed by atoms with Gasteiger partial charge in [-0.05, 0) is 49.6 Å². The number of esters is 1. The first-order valence-electron chi connectivity index (χ1n) is 13.0. The number of likely N-dealkylation sites (tertiary alicyclic amines) is 1. The molecular weight excluding hydrogens is 484 g/mol. The van der Waals surface area contributed by atoms with Crippen LogP contribution in [-0.4, -0.2) is 70.8 Å². The number of hydrogen-bond acceptors (Lipinski definition) is 6. The van der Waals surface area contributed by atoms with Crippen LogP contribution < -0.4 is 4.90 Å². The van der Waals surface area contributed by atoms with Crippen molar-refractivity contribution in [2.24, 2.45) is 11.8 Å². The molecule has 8 heteroatoms. The SMILES string of the molecule is C=CCOC(=O)[C@@H]1[C@H]2C(=O)N([C@H](C)CO)C(C(=O)N(CC=C)c3ccc4ccccc4c3)C23CC[C@@]1(C)O3. The maximum Gasteiger partial charge on any atom is 0.313 e. The van der Waals surface area contributed by atoms with Gasteiger partial charge in [-0.25, -0.2) is 0 Å². The van der Waals surface area contributed by atoms with Gasteiger partial charge in [-0.3, -0.25) is 14.4 Å². The lowest BCUT2D eigenvalue weighted by atomic mass is 9.66. The number of rotatable bonds is 9. The maximum atomic E-state index is 14.5. The molecule has 0 aromatic heterocycles. The highest BCUT2D eigenvalue weighted by molar-refractivity contribution is 6.05. The molecule has 5 rings (SSSR count). The zero-order chi connectivity index (χ0) is 27.2. The summed E-state index contributed by atoms with van der Waals surface area (Å²) in [5.74, 6) is -2.98. The minimum Gasteiger partial charge on any atom is -0.461 e. The highest BCUT2D eigenvalue weighted by Crippen LogP contribution is 2.63. The molecule has 0 radical (unpaired) electrons. The fourth-order valence-electron chi connectivity index (χ4n) is 6.74. The van der Waals surface area contributed by atoms with Gasteiger partial charge in [0.2, 0.25) is 5.91 Å². The van der Waals surface area contributed by atoms with Crippen LogP contribution in [0.1, 0.15) is 26.7 Å². The van der Waals surface area contributed by atoms with Crippen molar-refractivity contribution in [3.05, 3.63) is 67.8 Å². The van der Waals surface area contributed by atoms with E-state index in [0.717, 1.165) is 10.8 Å². The summed E-state index contributed by atoms with van der Waals surface area (Å²) in [6.45, 7) is 10.9. The van der Waals surface area contributed by atoms with E-state index in [9.17, 15) is 19.5 Å². The van der Waals surface area contributed by atoms with E-state index >= 15 is 0 Å². The van der Waals surface area contributed by atoms with Gasteiger partial charge in [-0.2, -0.15) is 0 Å². The molecule has 3 aliphatic rings. The van der Waals surface area contributed by atoms with Gasteiger partial charge in [0.25, 0.3) is 5.91 Å². The topological polar surface area (TPSA) is 96.4 Å². The van der Waals surface area contributed by atoms with Crippen molar-refractivity contribution in [1.29, 1.82) is 0 Å². The van der Waals surface area contributed by atoms with E-state index in [2.05, 4.69) is 13.2 Å². The second-order valence-electron chi connectivity index (χ2n) is 10.7. The van der Waals surface area contributed by atoms with Crippen LogP contribution in [0.5, 0.6) is 0 Å². The van der Waals surface area contributed by atoms with Crippen molar-refractivity contribution >= 4 is 34.2 Å². The molecule has 3 saturated heterocycles. The molecular formula is C30H34N2O6. The van der Waals surface area contributed by atoms with Crippen molar-refractivity contribution in [1.82, 2.24) is 4.90 Å². The number of amides is 2. The Labute approximate surface area is 222 Å². The van der Waals surface area contributed by atoms with Crippen molar-refractivity contribution in [3.63, 3.8) is 0 Å². The predicted molar refractivity (Wildman–Crippen MR) is 143 cm³/mol. The van der Waals surface area contributed by atoms with E-state index in [-0.39, 0.29) is 31.6 Å². The quantitative estimate of drug-likeness (QED) is 0.405. The molecule has 2 aromatic rings. The Morgan fingerprint density at radius 2 is 1.95 bits per heavy atom. The molecule has 38 heavy (non-hydrogen) atoms. The van der Waals surface area contributed by atoms with Crippen molar-refractivity contribution in [3.8, 4) is 0 Å². The average Bonchev–Trinajstić information content (AvgIpc) is 3.50. The first-order chi connectivity index (χ1) is 18.2. The maximum absolute atomic E-state index is 14.5. The Kier molecular flexibility index (Phi) is 6.65. The van der Waals surface area contributed by atoms with E-state index in [4.69, 9.17) is 9.47 Å². The Morgan fingerprint density at radius 3 is 2.63 bits per heavy atom. The largest absolute Gasteiger partial charge is 0.461 e. The number of aliphatic hydroxyl groups excluding tert-OH is 1. The minimum absolute atomic E-state index is 0.0213. The van der Waals surface area contributed by atoms with Crippen LogP contribution >= 0.6 is 0 Å². The number of carbonyl (C=O) groups excluding carboxylic acids is 3. The third-order valence-corrected chi connectivity index (χ3v) is 8.41. The number of hydrogen-bond donors (Lipinski definition) is 1. The van der Waals surface area contributed by atoms with E-state index in [1.54, 1.807) is 17.9 Å². The second kappa shape index (κ2) is 9.67. The summed E-state index contributed by atoms with van der Waals surface area (Å²) in [5.41, 5.74) is -1.48. The molecule has 200 valence electrons. The second-order valence-corrected chi connectivity index (χ2v) is 10.7. The highest BCUT2D eigenvalue weighted by Gasteiger charge is 2.79. The third kappa shape index (κ3) is 3.77. The predicted octanol–water partition coefficient (Wildman–Crippen LogP) is 3.23. The van der Waals surface area contributed by atoms with Gasteiger partial charge in [-0.1, -0.05) is 49.1 Å². The lowest BCUT2D eigenvalue weighted by Gasteiger charge is -2.38. The van der Waals surface area contributed by atoms with Crippen LogP contribution in [0.2, 0.25) is 0 Å². The number of ether oxygens (including phenoxy) is 2. The Hall–Kier alpha value is -3.49. The van der Waals surface area contributed by atoms with Gasteiger partial charge in [0.1, 0.15) is 24.2 Å². The number of fused-ring (bicyclic) bond motifs is 2. The van der Waals surface area contributed by atoms with Crippen LogP contribution in [0.3, 0.4) is 0 Å². The molecule has 0 aliphatic carbocycles. The minimum atomic E-state index is -1.21. The molecule has 3 aliphatic heterocycles. The third-order valence-electron chi connectivity index (χ3n) is 8.41. The molecule has 3 fully saturated rings. The average molecular weight is 519 g/mol. The van der Waals surface area contributed by atoms with Crippen LogP contribution in [0.15, 0.2) is 67.8 Å². The van der Waals surface area contributed by atoms with Gasteiger partial charge in [0.05, 0.1) is 24.2 Å². The normalized spacial score (nSPS) is 30.2. The van der Waals surface area contributed by atoms with Crippen molar-refractivity contribution in [2.75, 3.05) is 24.7 Å². The van der Waals surface area contributed by atoms with Crippen LogP contribution in [0.25, 0.3) is 10.8 Å². The number of nitrogens with zero attached hydrogens (tertiary/aromatic N) is 2. The molecule has 2 bridgehead atoms. The zero-order valence-corrected chi connectivity index (χ0v) is 21.8. The summed E-state index contributed by atoms with van der Waals surface area (Å²) >= 11 is 0. The van der Waals surface area contributed by atoms with Gasteiger partial charge < -0.3 is 24.4 Å². The number of aliphatic hydroxyl groups is 1. The summed E-state index contributed by atoms with van der Waals surface area (Å²) in [4.78, 5) is 44.8. The summed E-state index contributed by atoms with van der Waals surface area (Å²) < 4.78 is 12.0. The van der Waals surface area contributed by atoms with Gasteiger partial charge in [0, 0.05) is 12.2 Å². The van der Waals surface area contributed by atoms with Crippen molar-refractivity contribution in [2.45, 2.75) is 50.0 Å². The van der Waals surface area contributed by atoms with Gasteiger partial charge in [0.15, 0.2) is 0 Å². The zero-order valence-electron chi connectivity index (χ0n) is 21.8. The molecule has 2 aromatic carbocycles. The molecule has 1 spiro atoms. The monoisotopic (exact) mass is 518 g/mol. The highest BCUT2D eigenvalue weighted by atomic mass is 16.6. The van der Waals surface area contributed by atoms with E-state index < -0.39 is 41.1 Å². The number of anilines is 1. The molecule has 6 atom stereocenters. The fourth-order valence-corrected chi connectivity index (χ4v) is 6.74. The molecule has 8 nitrogen and oxygen atoms in total. The first kappa shape index (κ1) is 26.1. The lowest BCUT2D eigenvalue weighted by Crippen LogP contribution is -2.58. The van der Waals surface area contributed by atoms with Crippen LogP contribution in [-0.2, 0) is 23.9 Å². The van der Waals surface area contributed by atoms with E-state index in [1.807, 2.05) is 49.4 Å². The number of carbonyl (C=O) groups is 3. The fraction of sp³-hybridized carbons (Fsp3) is 0.433. The van der Waals surface area contributed by atoms with Crippen LogP contribution in [0.4, 0.5) is 5.69 Å². The van der Waals surface area contributed by atoms with Crippen LogP contribution in [0, 0.1) is 11.8 Å². The first-order valence-corrected chi connectivity index (χ1v) is 13.0. The number of benzene rings is 2. The smallest absolute Gasteiger partial charge is 0.313 e. The Balaban J connectivity index is 1.60. The standard InChI is InChI=1S/C30H34N2O6/c1-5-15-31(22-12-11-20-9-7-8-10-21(20)17-22)27(35)25-30-14-13-29(4,38-30)24(28(36)37-16-6-2)23(30)26(34)32(25)19(3)18-33/h5-12,17,19,23-25,33H,1-2,13-16,18H2,3-4H3/t19-,23+,24+,25?,29-,30?/m1/s1.